The van der Waals surface area contributed by atoms with Crippen molar-refractivity contribution < 1.29 is 8.78 Å². The Labute approximate surface area is 202 Å². The summed E-state index contributed by atoms with van der Waals surface area (Å²) in [5, 5.41) is 0. The smallest absolute Gasteiger partial charge is 0.162 e. The lowest BCUT2D eigenvalue weighted by atomic mass is 9.63. The van der Waals surface area contributed by atoms with Gasteiger partial charge in [0.25, 0.3) is 0 Å². The molecule has 186 valence electrons. The van der Waals surface area contributed by atoms with Crippen LogP contribution in [0.5, 0.6) is 0 Å². The minimum Gasteiger partial charge on any atom is -0.203 e. The highest BCUT2D eigenvalue weighted by molar-refractivity contribution is 5.38. The molecular formula is C31H48F2. The number of aryl methyl sites for hydroxylation is 1. The highest BCUT2D eigenvalue weighted by atomic mass is 19.2. The van der Waals surface area contributed by atoms with Crippen LogP contribution in [0.2, 0.25) is 0 Å². The van der Waals surface area contributed by atoms with Gasteiger partial charge in [-0.1, -0.05) is 84.1 Å². The van der Waals surface area contributed by atoms with Crippen LogP contribution in [0, 0.1) is 35.3 Å². The third-order valence-electron chi connectivity index (χ3n) is 9.59. The number of hydrogen-bond acceptors (Lipinski definition) is 0. The summed E-state index contributed by atoms with van der Waals surface area (Å²) in [5.74, 6) is 2.25. The van der Waals surface area contributed by atoms with E-state index in [1.807, 2.05) is 0 Å². The molecule has 33 heavy (non-hydrogen) atoms. The molecule has 1 aromatic rings. The third-order valence-corrected chi connectivity index (χ3v) is 9.59. The van der Waals surface area contributed by atoms with Gasteiger partial charge in [0.2, 0.25) is 0 Å². The van der Waals surface area contributed by atoms with E-state index in [2.05, 4.69) is 19.9 Å². The van der Waals surface area contributed by atoms with Gasteiger partial charge in [0.05, 0.1) is 0 Å². The molecule has 1 aromatic carbocycles. The molecule has 0 amide bonds. The van der Waals surface area contributed by atoms with Crippen molar-refractivity contribution in [3.63, 3.8) is 0 Å². The average molecular weight is 459 g/mol. The second-order valence-electron chi connectivity index (χ2n) is 11.9. The van der Waals surface area contributed by atoms with Crippen molar-refractivity contribution in [3.05, 3.63) is 34.4 Å². The molecule has 2 heteroatoms. The van der Waals surface area contributed by atoms with Crippen molar-refractivity contribution >= 4 is 0 Å². The summed E-state index contributed by atoms with van der Waals surface area (Å²) in [5.41, 5.74) is 2.55. The summed E-state index contributed by atoms with van der Waals surface area (Å²) in [6.07, 6.45) is 22.0. The molecule has 0 aromatic heterocycles. The molecule has 3 aliphatic carbocycles. The highest BCUT2D eigenvalue weighted by Gasteiger charge is 2.37. The summed E-state index contributed by atoms with van der Waals surface area (Å²) >= 11 is 0. The normalized spacial score (nSPS) is 29.5. The van der Waals surface area contributed by atoms with Gasteiger partial charge < -0.3 is 0 Å². The lowest BCUT2D eigenvalue weighted by molar-refractivity contribution is 0.112. The van der Waals surface area contributed by atoms with Crippen molar-refractivity contribution in [3.8, 4) is 0 Å². The number of fused-ring (bicyclic) bond motifs is 2. The first-order valence-corrected chi connectivity index (χ1v) is 14.6. The Hall–Kier alpha value is -0.920. The first-order valence-electron chi connectivity index (χ1n) is 14.6. The van der Waals surface area contributed by atoms with Crippen molar-refractivity contribution in [1.82, 2.24) is 0 Å². The maximum atomic E-state index is 15.3. The van der Waals surface area contributed by atoms with E-state index in [1.165, 1.54) is 83.5 Å². The fourth-order valence-corrected chi connectivity index (χ4v) is 7.55. The average Bonchev–Trinajstić information content (AvgIpc) is 2.84. The molecule has 5 atom stereocenters. The fourth-order valence-electron chi connectivity index (χ4n) is 7.55. The van der Waals surface area contributed by atoms with Crippen LogP contribution in [-0.2, 0) is 12.8 Å². The molecule has 2 saturated carbocycles. The SMILES string of the molecule is CCCCCCC1CCC2CC(c3cc4c(c(F)c3F)CC(CCCCC)CC4)CCC2C1. The molecule has 5 unspecified atom stereocenters. The Morgan fingerprint density at radius 2 is 1.42 bits per heavy atom. The van der Waals surface area contributed by atoms with Crippen molar-refractivity contribution in [1.29, 1.82) is 0 Å². The third kappa shape index (κ3) is 6.21. The van der Waals surface area contributed by atoms with E-state index in [4.69, 9.17) is 0 Å². The zero-order chi connectivity index (χ0) is 23.2. The maximum Gasteiger partial charge on any atom is 0.162 e. The minimum absolute atomic E-state index is 0.231. The number of benzene rings is 1. The number of halogens is 2. The molecular weight excluding hydrogens is 410 g/mol. The van der Waals surface area contributed by atoms with Gasteiger partial charge in [-0.15, -0.1) is 0 Å². The van der Waals surface area contributed by atoms with E-state index in [9.17, 15) is 0 Å². The van der Waals surface area contributed by atoms with Gasteiger partial charge in [0.15, 0.2) is 11.6 Å². The van der Waals surface area contributed by atoms with Gasteiger partial charge in [-0.2, -0.15) is 0 Å². The predicted octanol–water partition coefficient (Wildman–Crippen LogP) is 9.92. The van der Waals surface area contributed by atoms with Crippen molar-refractivity contribution in [2.45, 2.75) is 135 Å². The standard InChI is InChI=1S/C31H48F2/c1-3-5-7-9-11-22-12-14-25-20-26(17-16-24(25)18-22)29-21-27-15-13-23(10-8-6-4-2)19-28(27)30(32)31(29)33/h21-26H,3-20H2,1-2H3. The maximum absolute atomic E-state index is 15.3. The van der Waals surface area contributed by atoms with E-state index >= 15 is 8.78 Å². The summed E-state index contributed by atoms with van der Waals surface area (Å²) < 4.78 is 30.6. The Kier molecular flexibility index (Phi) is 9.28. The van der Waals surface area contributed by atoms with E-state index in [-0.39, 0.29) is 5.92 Å². The molecule has 0 aliphatic heterocycles. The molecule has 0 spiro atoms. The van der Waals surface area contributed by atoms with Gasteiger partial charge in [0, 0.05) is 0 Å². The number of unbranched alkanes of at least 4 members (excludes halogenated alkanes) is 5. The first-order chi connectivity index (χ1) is 16.1. The largest absolute Gasteiger partial charge is 0.203 e. The predicted molar refractivity (Wildman–Crippen MR) is 136 cm³/mol. The zero-order valence-electron chi connectivity index (χ0n) is 21.4. The van der Waals surface area contributed by atoms with Crippen LogP contribution in [0.4, 0.5) is 8.78 Å². The van der Waals surface area contributed by atoms with Crippen LogP contribution >= 0.6 is 0 Å². The summed E-state index contributed by atoms with van der Waals surface area (Å²) in [6, 6.07) is 2.10. The van der Waals surface area contributed by atoms with Gasteiger partial charge in [-0.3, -0.25) is 0 Å². The summed E-state index contributed by atoms with van der Waals surface area (Å²) in [7, 11) is 0. The van der Waals surface area contributed by atoms with Gasteiger partial charge in [0.1, 0.15) is 0 Å². The summed E-state index contributed by atoms with van der Waals surface area (Å²) in [6.45, 7) is 4.51. The lowest BCUT2D eigenvalue weighted by Gasteiger charge is -2.42. The molecule has 0 radical (unpaired) electrons. The molecule has 4 rings (SSSR count). The Morgan fingerprint density at radius 1 is 0.727 bits per heavy atom. The first kappa shape index (κ1) is 25.2. The molecule has 0 nitrogen and oxygen atoms in total. The number of rotatable bonds is 10. The van der Waals surface area contributed by atoms with Crippen LogP contribution in [-0.4, -0.2) is 0 Å². The zero-order valence-corrected chi connectivity index (χ0v) is 21.4. The van der Waals surface area contributed by atoms with E-state index in [0.29, 0.717) is 11.5 Å². The highest BCUT2D eigenvalue weighted by Crippen LogP contribution is 2.49. The van der Waals surface area contributed by atoms with E-state index in [1.54, 1.807) is 0 Å². The molecule has 0 bridgehead atoms. The molecule has 0 heterocycles. The fraction of sp³-hybridized carbons (Fsp3) is 0.806. The second kappa shape index (κ2) is 12.2. The lowest BCUT2D eigenvalue weighted by Crippen LogP contribution is -2.31. The summed E-state index contributed by atoms with van der Waals surface area (Å²) in [4.78, 5) is 0. The van der Waals surface area contributed by atoms with Crippen LogP contribution in [0.3, 0.4) is 0 Å². The monoisotopic (exact) mass is 458 g/mol. The topological polar surface area (TPSA) is 0 Å². The quantitative estimate of drug-likeness (QED) is 0.306. The van der Waals surface area contributed by atoms with Crippen LogP contribution < -0.4 is 0 Å². The molecule has 2 fully saturated rings. The molecule has 3 aliphatic rings. The second-order valence-corrected chi connectivity index (χ2v) is 11.9. The Bertz CT molecular complexity index is 754. The van der Waals surface area contributed by atoms with Crippen molar-refractivity contribution in [2.75, 3.05) is 0 Å². The van der Waals surface area contributed by atoms with Gasteiger partial charge in [-0.05, 0) is 97.6 Å². The van der Waals surface area contributed by atoms with E-state index < -0.39 is 11.6 Å². The number of hydrogen-bond donors (Lipinski definition) is 0. The van der Waals surface area contributed by atoms with Gasteiger partial charge in [-0.25, -0.2) is 8.78 Å². The van der Waals surface area contributed by atoms with Crippen LogP contribution in [0.1, 0.15) is 139 Å². The van der Waals surface area contributed by atoms with Gasteiger partial charge >= 0.3 is 0 Å². The molecule has 0 saturated heterocycles. The minimum atomic E-state index is -0.504. The Morgan fingerprint density at radius 3 is 2.24 bits per heavy atom. The Balaban J connectivity index is 1.36. The van der Waals surface area contributed by atoms with Crippen molar-refractivity contribution in [2.24, 2.45) is 23.7 Å². The van der Waals surface area contributed by atoms with E-state index in [0.717, 1.165) is 61.0 Å². The van der Waals surface area contributed by atoms with Crippen LogP contribution in [0.25, 0.3) is 0 Å². The molecule has 0 N–H and O–H groups in total. The van der Waals surface area contributed by atoms with Crippen LogP contribution in [0.15, 0.2) is 6.07 Å².